The van der Waals surface area contributed by atoms with Gasteiger partial charge in [-0.05, 0) is 55.5 Å². The Morgan fingerprint density at radius 3 is 2.59 bits per heavy atom. The quantitative estimate of drug-likeness (QED) is 0.770. The molecule has 1 aliphatic carbocycles. The fraction of sp³-hybridized carbons (Fsp3) is 1.00. The van der Waals surface area contributed by atoms with E-state index in [0.717, 1.165) is 30.9 Å². The summed E-state index contributed by atoms with van der Waals surface area (Å²) in [4.78, 5) is 0. The van der Waals surface area contributed by atoms with Crippen LogP contribution in [0.15, 0.2) is 0 Å². The Bertz CT molecular complexity index is 213. The topological polar surface area (TPSA) is 21.3 Å². The molecule has 2 atom stereocenters. The fourth-order valence-corrected chi connectivity index (χ4v) is 3.03. The van der Waals surface area contributed by atoms with E-state index in [4.69, 9.17) is 4.74 Å². The maximum atomic E-state index is 5.40. The highest BCUT2D eigenvalue weighted by Crippen LogP contribution is 2.41. The van der Waals surface area contributed by atoms with Crippen LogP contribution in [0.1, 0.15) is 47.0 Å². The van der Waals surface area contributed by atoms with Crippen molar-refractivity contribution < 1.29 is 4.74 Å². The van der Waals surface area contributed by atoms with Gasteiger partial charge in [0, 0.05) is 13.7 Å². The van der Waals surface area contributed by atoms with Crippen molar-refractivity contribution in [1.82, 2.24) is 5.32 Å². The Labute approximate surface area is 108 Å². The van der Waals surface area contributed by atoms with Crippen LogP contribution in [0.5, 0.6) is 0 Å². The molecular formula is C15H31NO. The molecule has 0 bridgehead atoms. The molecule has 0 aliphatic heterocycles. The number of rotatable bonds is 6. The van der Waals surface area contributed by atoms with E-state index >= 15 is 0 Å². The van der Waals surface area contributed by atoms with Gasteiger partial charge in [-0.2, -0.15) is 0 Å². The molecule has 1 N–H and O–H groups in total. The van der Waals surface area contributed by atoms with Crippen molar-refractivity contribution >= 4 is 0 Å². The largest absolute Gasteiger partial charge is 0.384 e. The molecule has 2 heteroatoms. The molecule has 1 saturated carbocycles. The highest BCUT2D eigenvalue weighted by atomic mass is 16.5. The van der Waals surface area contributed by atoms with Crippen molar-refractivity contribution in [3.05, 3.63) is 0 Å². The number of hydrogen-bond acceptors (Lipinski definition) is 2. The minimum Gasteiger partial charge on any atom is -0.384 e. The van der Waals surface area contributed by atoms with Crippen LogP contribution in [0.3, 0.4) is 0 Å². The molecule has 0 aromatic rings. The van der Waals surface area contributed by atoms with Crippen LogP contribution >= 0.6 is 0 Å². The number of hydrogen-bond donors (Lipinski definition) is 1. The lowest BCUT2D eigenvalue weighted by molar-refractivity contribution is 0.0462. The van der Waals surface area contributed by atoms with E-state index in [2.05, 4.69) is 33.0 Å². The van der Waals surface area contributed by atoms with Crippen molar-refractivity contribution in [2.24, 2.45) is 23.2 Å². The summed E-state index contributed by atoms with van der Waals surface area (Å²) in [6.45, 7) is 12.6. The van der Waals surface area contributed by atoms with Crippen LogP contribution in [0.2, 0.25) is 0 Å². The first kappa shape index (κ1) is 15.0. The van der Waals surface area contributed by atoms with Crippen LogP contribution in [0.25, 0.3) is 0 Å². The van der Waals surface area contributed by atoms with E-state index in [1.165, 1.54) is 25.8 Å². The molecule has 1 rings (SSSR count). The van der Waals surface area contributed by atoms with E-state index in [1.54, 1.807) is 0 Å². The van der Waals surface area contributed by atoms with Crippen LogP contribution in [0, 0.1) is 23.2 Å². The third-order valence-electron chi connectivity index (χ3n) is 4.01. The standard InChI is InChI=1S/C15H31NO/c1-12(2)9-16-10-13-6-7-15(3,4)8-14(13)11-17-5/h12-14,16H,6-11H2,1-5H3. The van der Waals surface area contributed by atoms with E-state index in [0.29, 0.717) is 5.41 Å². The SMILES string of the molecule is COCC1CC(C)(C)CCC1CNCC(C)C. The third kappa shape index (κ3) is 5.39. The second kappa shape index (κ2) is 6.75. The van der Waals surface area contributed by atoms with Crippen molar-refractivity contribution in [2.45, 2.75) is 47.0 Å². The highest BCUT2D eigenvalue weighted by Gasteiger charge is 2.34. The van der Waals surface area contributed by atoms with Gasteiger partial charge in [0.05, 0.1) is 0 Å². The van der Waals surface area contributed by atoms with E-state index in [1.807, 2.05) is 7.11 Å². The Morgan fingerprint density at radius 2 is 2.00 bits per heavy atom. The van der Waals surface area contributed by atoms with Crippen LogP contribution in [-0.2, 0) is 4.74 Å². The summed E-state index contributed by atoms with van der Waals surface area (Å²) in [6.07, 6.45) is 4.03. The molecule has 0 aromatic heterocycles. The number of ether oxygens (including phenoxy) is 1. The number of methoxy groups -OCH3 is 1. The number of nitrogens with one attached hydrogen (secondary N) is 1. The summed E-state index contributed by atoms with van der Waals surface area (Å²) in [5, 5.41) is 3.61. The second-order valence-corrected chi connectivity index (χ2v) is 6.93. The Balaban J connectivity index is 2.40. The molecule has 17 heavy (non-hydrogen) atoms. The Hall–Kier alpha value is -0.0800. The summed E-state index contributed by atoms with van der Waals surface area (Å²) in [5.41, 5.74) is 0.512. The van der Waals surface area contributed by atoms with Gasteiger partial charge in [0.2, 0.25) is 0 Å². The van der Waals surface area contributed by atoms with Gasteiger partial charge in [-0.25, -0.2) is 0 Å². The van der Waals surface area contributed by atoms with Crippen LogP contribution in [-0.4, -0.2) is 26.8 Å². The van der Waals surface area contributed by atoms with E-state index < -0.39 is 0 Å². The summed E-state index contributed by atoms with van der Waals surface area (Å²) in [7, 11) is 1.83. The highest BCUT2D eigenvalue weighted by molar-refractivity contribution is 4.85. The lowest BCUT2D eigenvalue weighted by atomic mass is 9.67. The maximum Gasteiger partial charge on any atom is 0.0493 e. The molecule has 1 aliphatic rings. The van der Waals surface area contributed by atoms with Gasteiger partial charge in [-0.1, -0.05) is 27.7 Å². The third-order valence-corrected chi connectivity index (χ3v) is 4.01. The van der Waals surface area contributed by atoms with Crippen molar-refractivity contribution in [1.29, 1.82) is 0 Å². The van der Waals surface area contributed by atoms with Crippen LogP contribution < -0.4 is 5.32 Å². The van der Waals surface area contributed by atoms with Gasteiger partial charge in [-0.15, -0.1) is 0 Å². The summed E-state index contributed by atoms with van der Waals surface area (Å²) < 4.78 is 5.40. The molecule has 0 amide bonds. The second-order valence-electron chi connectivity index (χ2n) is 6.93. The first-order valence-corrected chi connectivity index (χ1v) is 7.14. The van der Waals surface area contributed by atoms with Crippen molar-refractivity contribution in [2.75, 3.05) is 26.8 Å². The maximum absolute atomic E-state index is 5.40. The van der Waals surface area contributed by atoms with Gasteiger partial charge in [0.25, 0.3) is 0 Å². The molecule has 0 radical (unpaired) electrons. The molecule has 2 unspecified atom stereocenters. The smallest absolute Gasteiger partial charge is 0.0493 e. The molecule has 102 valence electrons. The zero-order valence-corrected chi connectivity index (χ0v) is 12.4. The zero-order chi connectivity index (χ0) is 12.9. The summed E-state index contributed by atoms with van der Waals surface area (Å²) in [6, 6.07) is 0. The first-order valence-electron chi connectivity index (χ1n) is 7.14. The molecule has 0 aromatic carbocycles. The predicted molar refractivity (Wildman–Crippen MR) is 74.2 cm³/mol. The minimum atomic E-state index is 0.512. The fourth-order valence-electron chi connectivity index (χ4n) is 3.03. The molecule has 1 fully saturated rings. The lowest BCUT2D eigenvalue weighted by Gasteiger charge is -2.40. The van der Waals surface area contributed by atoms with Gasteiger partial charge in [0.1, 0.15) is 0 Å². The first-order chi connectivity index (χ1) is 7.94. The van der Waals surface area contributed by atoms with E-state index in [9.17, 15) is 0 Å². The van der Waals surface area contributed by atoms with Gasteiger partial charge in [0.15, 0.2) is 0 Å². The van der Waals surface area contributed by atoms with Crippen LogP contribution in [0.4, 0.5) is 0 Å². The monoisotopic (exact) mass is 241 g/mol. The predicted octanol–water partition coefficient (Wildman–Crippen LogP) is 3.32. The van der Waals surface area contributed by atoms with Crippen molar-refractivity contribution in [3.63, 3.8) is 0 Å². The zero-order valence-electron chi connectivity index (χ0n) is 12.4. The normalized spacial score (nSPS) is 28.6. The molecule has 0 saturated heterocycles. The van der Waals surface area contributed by atoms with Gasteiger partial charge < -0.3 is 10.1 Å². The Morgan fingerprint density at radius 1 is 1.29 bits per heavy atom. The summed E-state index contributed by atoms with van der Waals surface area (Å²) >= 11 is 0. The van der Waals surface area contributed by atoms with Gasteiger partial charge in [-0.3, -0.25) is 0 Å². The van der Waals surface area contributed by atoms with Gasteiger partial charge >= 0.3 is 0 Å². The Kier molecular flexibility index (Phi) is 5.94. The average molecular weight is 241 g/mol. The summed E-state index contributed by atoms with van der Waals surface area (Å²) in [5.74, 6) is 2.29. The molecule has 0 heterocycles. The lowest BCUT2D eigenvalue weighted by Crippen LogP contribution is -2.38. The van der Waals surface area contributed by atoms with E-state index in [-0.39, 0.29) is 0 Å². The molecule has 0 spiro atoms. The minimum absolute atomic E-state index is 0.512. The average Bonchev–Trinajstić information content (AvgIpc) is 2.20. The van der Waals surface area contributed by atoms with Crippen molar-refractivity contribution in [3.8, 4) is 0 Å². The molecule has 2 nitrogen and oxygen atoms in total. The molecular weight excluding hydrogens is 210 g/mol.